The van der Waals surface area contributed by atoms with Gasteiger partial charge in [-0.15, -0.1) is 0 Å². The molecule has 0 aliphatic rings. The van der Waals surface area contributed by atoms with Gasteiger partial charge in [0.1, 0.15) is 6.04 Å². The van der Waals surface area contributed by atoms with E-state index in [0.29, 0.717) is 16.4 Å². The maximum Gasteiger partial charge on any atom is 0.365 e. The van der Waals surface area contributed by atoms with Crippen LogP contribution in [0.2, 0.25) is 5.02 Å². The summed E-state index contributed by atoms with van der Waals surface area (Å²) in [5.74, 6) is -0.381. The van der Waals surface area contributed by atoms with Gasteiger partial charge in [0.15, 0.2) is 0 Å². The molecule has 132 valence electrons. The lowest BCUT2D eigenvalue weighted by molar-refractivity contribution is -0.119. The van der Waals surface area contributed by atoms with Crippen molar-refractivity contribution in [2.75, 3.05) is 5.32 Å². The molecule has 0 fully saturated rings. The number of aryl methyl sites for hydroxylation is 1. The molecule has 3 aromatic rings. The molecule has 1 heterocycles. The van der Waals surface area contributed by atoms with Crippen LogP contribution >= 0.6 is 11.6 Å². The third-order valence-electron chi connectivity index (χ3n) is 3.97. The van der Waals surface area contributed by atoms with Crippen LogP contribution in [-0.2, 0) is 4.79 Å². The number of nitrogens with one attached hydrogen (secondary N) is 1. The number of aromatic nitrogens is 3. The predicted octanol–water partition coefficient (Wildman–Crippen LogP) is 3.47. The van der Waals surface area contributed by atoms with Crippen molar-refractivity contribution in [3.8, 4) is 11.3 Å². The zero-order chi connectivity index (χ0) is 18.7. The fourth-order valence-electron chi connectivity index (χ4n) is 2.39. The van der Waals surface area contributed by atoms with E-state index < -0.39 is 11.7 Å². The van der Waals surface area contributed by atoms with Crippen LogP contribution in [0.5, 0.6) is 0 Å². The van der Waals surface area contributed by atoms with Crippen molar-refractivity contribution in [2.45, 2.75) is 19.9 Å². The van der Waals surface area contributed by atoms with Gasteiger partial charge in [-0.1, -0.05) is 48.0 Å². The normalized spacial score (nSPS) is 11.8. The SMILES string of the molecule is Cc1ccc(NC(=O)[C@H](C)n2ncc(-c3ccccc3)nc2=O)cc1Cl. The smallest absolute Gasteiger partial charge is 0.324 e. The van der Waals surface area contributed by atoms with E-state index in [1.165, 1.54) is 6.20 Å². The molecule has 1 amide bonds. The minimum absolute atomic E-state index is 0.381. The minimum atomic E-state index is -0.820. The molecule has 1 aromatic heterocycles. The zero-order valence-electron chi connectivity index (χ0n) is 14.3. The molecule has 0 aliphatic heterocycles. The van der Waals surface area contributed by atoms with Gasteiger partial charge in [0.05, 0.1) is 11.9 Å². The number of hydrogen-bond donors (Lipinski definition) is 1. The maximum atomic E-state index is 12.4. The Kier molecular flexibility index (Phi) is 5.14. The van der Waals surface area contributed by atoms with Gasteiger partial charge in [0.25, 0.3) is 0 Å². The summed E-state index contributed by atoms with van der Waals surface area (Å²) in [4.78, 5) is 28.8. The van der Waals surface area contributed by atoms with Crippen LogP contribution in [-0.4, -0.2) is 20.7 Å². The average molecular weight is 369 g/mol. The summed E-state index contributed by atoms with van der Waals surface area (Å²) in [5.41, 5.74) is 2.13. The number of carbonyl (C=O) groups is 1. The standard InChI is InChI=1S/C19H17ClN4O2/c1-12-8-9-15(10-16(12)20)22-18(25)13(2)24-19(26)23-17(11-21-24)14-6-4-3-5-7-14/h3-11,13H,1-2H3,(H,22,25)/t13-/m0/s1. The quantitative estimate of drug-likeness (QED) is 0.765. The fourth-order valence-corrected chi connectivity index (χ4v) is 2.57. The van der Waals surface area contributed by atoms with E-state index in [1.807, 2.05) is 43.3 Å². The van der Waals surface area contributed by atoms with Crippen LogP contribution in [0.4, 0.5) is 5.69 Å². The zero-order valence-corrected chi connectivity index (χ0v) is 15.1. The van der Waals surface area contributed by atoms with Crippen molar-refractivity contribution in [3.05, 3.63) is 75.8 Å². The molecule has 26 heavy (non-hydrogen) atoms. The van der Waals surface area contributed by atoms with Crippen LogP contribution in [0, 0.1) is 6.92 Å². The van der Waals surface area contributed by atoms with Gasteiger partial charge >= 0.3 is 5.69 Å². The van der Waals surface area contributed by atoms with Crippen molar-refractivity contribution in [1.29, 1.82) is 0 Å². The molecular formula is C19H17ClN4O2. The van der Waals surface area contributed by atoms with Gasteiger partial charge in [-0.2, -0.15) is 10.1 Å². The Bertz CT molecular complexity index is 1000. The van der Waals surface area contributed by atoms with E-state index in [0.717, 1.165) is 15.8 Å². The summed E-state index contributed by atoms with van der Waals surface area (Å²) in [7, 11) is 0. The van der Waals surface area contributed by atoms with Gasteiger partial charge in [-0.05, 0) is 31.5 Å². The molecule has 3 rings (SSSR count). The molecule has 1 atom stereocenters. The Labute approximate surface area is 155 Å². The van der Waals surface area contributed by atoms with Gasteiger partial charge in [0, 0.05) is 16.3 Å². The topological polar surface area (TPSA) is 76.9 Å². The highest BCUT2D eigenvalue weighted by molar-refractivity contribution is 6.31. The highest BCUT2D eigenvalue weighted by atomic mass is 35.5. The molecule has 7 heteroatoms. The number of halogens is 1. The molecule has 0 aliphatic carbocycles. The molecule has 0 saturated carbocycles. The van der Waals surface area contributed by atoms with Crippen LogP contribution in [0.15, 0.2) is 59.5 Å². The summed E-state index contributed by atoms with van der Waals surface area (Å²) >= 11 is 6.07. The molecule has 1 N–H and O–H groups in total. The molecule has 0 unspecified atom stereocenters. The molecule has 0 spiro atoms. The second-order valence-electron chi connectivity index (χ2n) is 5.86. The van der Waals surface area contributed by atoms with E-state index in [2.05, 4.69) is 15.4 Å². The Morgan fingerprint density at radius 1 is 1.19 bits per heavy atom. The van der Waals surface area contributed by atoms with E-state index in [1.54, 1.807) is 19.1 Å². The first-order valence-corrected chi connectivity index (χ1v) is 8.42. The monoisotopic (exact) mass is 368 g/mol. The second-order valence-corrected chi connectivity index (χ2v) is 6.27. The third kappa shape index (κ3) is 3.81. The lowest BCUT2D eigenvalue weighted by Crippen LogP contribution is -2.34. The predicted molar refractivity (Wildman–Crippen MR) is 101 cm³/mol. The van der Waals surface area contributed by atoms with Crippen molar-refractivity contribution < 1.29 is 4.79 Å². The maximum absolute atomic E-state index is 12.4. The number of amides is 1. The van der Waals surface area contributed by atoms with Crippen molar-refractivity contribution >= 4 is 23.2 Å². The highest BCUT2D eigenvalue weighted by Crippen LogP contribution is 2.20. The molecule has 0 saturated heterocycles. The van der Waals surface area contributed by atoms with Crippen molar-refractivity contribution in [3.63, 3.8) is 0 Å². The summed E-state index contributed by atoms with van der Waals surface area (Å²) < 4.78 is 1.05. The number of rotatable bonds is 4. The van der Waals surface area contributed by atoms with Crippen LogP contribution in [0.3, 0.4) is 0 Å². The van der Waals surface area contributed by atoms with Gasteiger partial charge in [-0.25, -0.2) is 9.48 Å². The van der Waals surface area contributed by atoms with Crippen LogP contribution in [0.1, 0.15) is 18.5 Å². The Morgan fingerprint density at radius 2 is 1.92 bits per heavy atom. The number of hydrogen-bond acceptors (Lipinski definition) is 4. The van der Waals surface area contributed by atoms with E-state index >= 15 is 0 Å². The molecule has 2 aromatic carbocycles. The van der Waals surface area contributed by atoms with E-state index in [9.17, 15) is 9.59 Å². The number of carbonyl (C=O) groups excluding carboxylic acids is 1. The lowest BCUT2D eigenvalue weighted by Gasteiger charge is -2.14. The van der Waals surface area contributed by atoms with Gasteiger partial charge < -0.3 is 5.32 Å². The Balaban J connectivity index is 1.80. The highest BCUT2D eigenvalue weighted by Gasteiger charge is 2.19. The van der Waals surface area contributed by atoms with Crippen molar-refractivity contribution in [2.24, 2.45) is 0 Å². The number of anilines is 1. The first-order valence-electron chi connectivity index (χ1n) is 8.04. The summed E-state index contributed by atoms with van der Waals surface area (Å²) in [6.45, 7) is 3.46. The summed E-state index contributed by atoms with van der Waals surface area (Å²) in [6.07, 6.45) is 1.48. The first kappa shape index (κ1) is 17.8. The number of nitrogens with zero attached hydrogens (tertiary/aromatic N) is 3. The second kappa shape index (κ2) is 7.49. The van der Waals surface area contributed by atoms with E-state index in [-0.39, 0.29) is 5.91 Å². The van der Waals surface area contributed by atoms with Crippen LogP contribution < -0.4 is 11.0 Å². The summed E-state index contributed by atoms with van der Waals surface area (Å²) in [5, 5.41) is 7.39. The molecule has 0 bridgehead atoms. The van der Waals surface area contributed by atoms with Crippen molar-refractivity contribution in [1.82, 2.24) is 14.8 Å². The van der Waals surface area contributed by atoms with Gasteiger partial charge in [-0.3, -0.25) is 4.79 Å². The fraction of sp³-hybridized carbons (Fsp3) is 0.158. The van der Waals surface area contributed by atoms with Gasteiger partial charge in [0.2, 0.25) is 5.91 Å². The summed E-state index contributed by atoms with van der Waals surface area (Å²) in [6, 6.07) is 13.7. The largest absolute Gasteiger partial charge is 0.365 e. The minimum Gasteiger partial charge on any atom is -0.324 e. The average Bonchev–Trinajstić information content (AvgIpc) is 2.65. The van der Waals surface area contributed by atoms with Crippen LogP contribution in [0.25, 0.3) is 11.3 Å². The lowest BCUT2D eigenvalue weighted by atomic mass is 10.2. The third-order valence-corrected chi connectivity index (χ3v) is 4.38. The Hall–Kier alpha value is -2.99. The van der Waals surface area contributed by atoms with E-state index in [4.69, 9.17) is 11.6 Å². The molecule has 0 radical (unpaired) electrons. The number of benzene rings is 2. The Morgan fingerprint density at radius 3 is 2.58 bits per heavy atom. The molecule has 6 nitrogen and oxygen atoms in total. The molecular weight excluding hydrogens is 352 g/mol. The first-order chi connectivity index (χ1) is 12.5.